The molecule has 1 aliphatic heterocycles. The number of nitriles is 1. The summed E-state index contributed by atoms with van der Waals surface area (Å²) in [6.07, 6.45) is 3.84. The number of piperazine rings is 1. The van der Waals surface area contributed by atoms with Crippen molar-refractivity contribution in [1.29, 1.82) is 5.26 Å². The number of carbonyl (C=O) groups excluding carboxylic acids is 1. The molecule has 1 aromatic rings. The maximum absolute atomic E-state index is 12.8. The Kier molecular flexibility index (Phi) is 6.62. The lowest BCUT2D eigenvalue weighted by molar-refractivity contribution is -0.138. The molecule has 1 heterocycles. The molecule has 1 amide bonds. The first-order valence-corrected chi connectivity index (χ1v) is 10.3. The Labute approximate surface area is 167 Å². The van der Waals surface area contributed by atoms with Crippen molar-refractivity contribution in [3.63, 3.8) is 0 Å². The van der Waals surface area contributed by atoms with Gasteiger partial charge in [-0.15, -0.1) is 0 Å². The zero-order valence-corrected chi connectivity index (χ0v) is 17.0. The van der Waals surface area contributed by atoms with Crippen LogP contribution >= 0.6 is 11.6 Å². The van der Waals surface area contributed by atoms with Crippen LogP contribution in [-0.4, -0.2) is 54.0 Å². The molecule has 1 saturated carbocycles. The number of hydrogen-bond donors (Lipinski definition) is 1. The van der Waals surface area contributed by atoms with Crippen LogP contribution in [0.25, 0.3) is 0 Å². The standard InChI is InChI=1S/C21H29ClN4O/c1-15(2)25-9-11-26(12-10-25)21(27)16-3-6-18(7-4-16)24-19-8-5-17(14-23)20(22)13-19/h5,8,13,15-16,18,24H,3-4,6-7,9-12H2,1-2H3/t16-,18+. The maximum Gasteiger partial charge on any atom is 0.225 e. The van der Waals surface area contributed by atoms with Crippen LogP contribution in [-0.2, 0) is 4.79 Å². The van der Waals surface area contributed by atoms with E-state index in [0.717, 1.165) is 57.5 Å². The summed E-state index contributed by atoms with van der Waals surface area (Å²) in [7, 11) is 0. The van der Waals surface area contributed by atoms with Gasteiger partial charge in [-0.25, -0.2) is 0 Å². The molecule has 5 nitrogen and oxygen atoms in total. The maximum atomic E-state index is 12.8. The highest BCUT2D eigenvalue weighted by atomic mass is 35.5. The number of rotatable bonds is 4. The summed E-state index contributed by atoms with van der Waals surface area (Å²) < 4.78 is 0. The SMILES string of the molecule is CC(C)N1CCN(C(=O)[C@H]2CC[C@@H](Nc3ccc(C#N)c(Cl)c3)CC2)CC1. The summed E-state index contributed by atoms with van der Waals surface area (Å²) in [6.45, 7) is 8.12. The second kappa shape index (κ2) is 8.95. The molecular weight excluding hydrogens is 360 g/mol. The van der Waals surface area contributed by atoms with Crippen LogP contribution in [0.4, 0.5) is 5.69 Å². The van der Waals surface area contributed by atoms with Crippen molar-refractivity contribution in [3.05, 3.63) is 28.8 Å². The largest absolute Gasteiger partial charge is 0.382 e. The van der Waals surface area contributed by atoms with E-state index in [1.54, 1.807) is 6.07 Å². The molecule has 0 aromatic heterocycles. The van der Waals surface area contributed by atoms with Crippen LogP contribution < -0.4 is 5.32 Å². The van der Waals surface area contributed by atoms with Gasteiger partial charge in [-0.3, -0.25) is 9.69 Å². The zero-order chi connectivity index (χ0) is 19.4. The molecule has 1 aromatic carbocycles. The number of hydrogen-bond acceptors (Lipinski definition) is 4. The van der Waals surface area contributed by atoms with Crippen molar-refractivity contribution < 1.29 is 4.79 Å². The van der Waals surface area contributed by atoms with Gasteiger partial charge < -0.3 is 10.2 Å². The summed E-state index contributed by atoms with van der Waals surface area (Å²) >= 11 is 6.11. The van der Waals surface area contributed by atoms with Crippen molar-refractivity contribution in [2.45, 2.75) is 51.6 Å². The normalized spacial score (nSPS) is 23.9. The van der Waals surface area contributed by atoms with E-state index in [1.165, 1.54) is 0 Å². The molecular formula is C21H29ClN4O. The van der Waals surface area contributed by atoms with Gasteiger partial charge in [0.25, 0.3) is 0 Å². The molecule has 6 heteroatoms. The lowest BCUT2D eigenvalue weighted by Gasteiger charge is -2.39. The summed E-state index contributed by atoms with van der Waals surface area (Å²) in [4.78, 5) is 17.4. The van der Waals surface area contributed by atoms with Gasteiger partial charge in [0.2, 0.25) is 5.91 Å². The molecule has 2 aliphatic rings. The van der Waals surface area contributed by atoms with Crippen LogP contribution in [0, 0.1) is 17.2 Å². The van der Waals surface area contributed by atoms with Crippen molar-refractivity contribution in [2.24, 2.45) is 5.92 Å². The molecule has 146 valence electrons. The van der Waals surface area contributed by atoms with E-state index in [9.17, 15) is 4.79 Å². The van der Waals surface area contributed by atoms with E-state index >= 15 is 0 Å². The molecule has 2 fully saturated rings. The second-order valence-corrected chi connectivity index (χ2v) is 8.36. The minimum atomic E-state index is 0.165. The smallest absolute Gasteiger partial charge is 0.225 e. The number of nitrogens with one attached hydrogen (secondary N) is 1. The van der Waals surface area contributed by atoms with Gasteiger partial charge in [0, 0.05) is 49.9 Å². The first-order valence-electron chi connectivity index (χ1n) is 9.97. The van der Waals surface area contributed by atoms with Gasteiger partial charge in [-0.2, -0.15) is 5.26 Å². The lowest BCUT2D eigenvalue weighted by atomic mass is 9.85. The highest BCUT2D eigenvalue weighted by Crippen LogP contribution is 2.29. The molecule has 1 N–H and O–H groups in total. The molecule has 0 atom stereocenters. The Morgan fingerprint density at radius 1 is 1.19 bits per heavy atom. The second-order valence-electron chi connectivity index (χ2n) is 7.95. The zero-order valence-electron chi connectivity index (χ0n) is 16.2. The Balaban J connectivity index is 1.47. The van der Waals surface area contributed by atoms with E-state index in [2.05, 4.69) is 35.0 Å². The number of anilines is 1. The Bertz CT molecular complexity index is 699. The minimum Gasteiger partial charge on any atom is -0.382 e. The predicted octanol–water partition coefficient (Wildman–Crippen LogP) is 3.73. The van der Waals surface area contributed by atoms with Gasteiger partial charge in [0.1, 0.15) is 6.07 Å². The van der Waals surface area contributed by atoms with Crippen molar-refractivity contribution >= 4 is 23.2 Å². The van der Waals surface area contributed by atoms with Crippen LogP contribution in [0.15, 0.2) is 18.2 Å². The Morgan fingerprint density at radius 2 is 1.85 bits per heavy atom. The molecule has 0 bridgehead atoms. The van der Waals surface area contributed by atoms with Gasteiger partial charge in [0.05, 0.1) is 10.6 Å². The lowest BCUT2D eigenvalue weighted by Crippen LogP contribution is -2.52. The Morgan fingerprint density at radius 3 is 2.41 bits per heavy atom. The fourth-order valence-corrected chi connectivity index (χ4v) is 4.36. The van der Waals surface area contributed by atoms with Gasteiger partial charge in [0.15, 0.2) is 0 Å². The first kappa shape index (κ1) is 20.0. The molecule has 3 rings (SSSR count). The predicted molar refractivity (Wildman–Crippen MR) is 109 cm³/mol. The fraction of sp³-hybridized carbons (Fsp3) is 0.619. The van der Waals surface area contributed by atoms with E-state index in [0.29, 0.717) is 28.6 Å². The van der Waals surface area contributed by atoms with E-state index in [-0.39, 0.29) is 5.92 Å². The molecule has 0 radical (unpaired) electrons. The number of benzene rings is 1. The third-order valence-corrected chi connectivity index (χ3v) is 6.21. The van der Waals surface area contributed by atoms with Crippen LogP contribution in [0.1, 0.15) is 45.1 Å². The van der Waals surface area contributed by atoms with Crippen LogP contribution in [0.2, 0.25) is 5.02 Å². The quantitative estimate of drug-likeness (QED) is 0.853. The van der Waals surface area contributed by atoms with Crippen molar-refractivity contribution in [3.8, 4) is 6.07 Å². The molecule has 0 unspecified atom stereocenters. The summed E-state index contributed by atoms with van der Waals surface area (Å²) in [5.74, 6) is 0.511. The Hall–Kier alpha value is -1.77. The van der Waals surface area contributed by atoms with Crippen LogP contribution in [0.3, 0.4) is 0 Å². The number of amides is 1. The molecule has 0 spiro atoms. The summed E-state index contributed by atoms with van der Waals surface area (Å²) in [5.41, 5.74) is 1.44. The highest BCUT2D eigenvalue weighted by Gasteiger charge is 2.31. The number of carbonyl (C=O) groups is 1. The van der Waals surface area contributed by atoms with Gasteiger partial charge >= 0.3 is 0 Å². The van der Waals surface area contributed by atoms with Crippen LogP contribution in [0.5, 0.6) is 0 Å². The molecule has 1 aliphatic carbocycles. The number of halogens is 1. The fourth-order valence-electron chi connectivity index (χ4n) is 4.13. The van der Waals surface area contributed by atoms with Crippen molar-refractivity contribution in [2.75, 3.05) is 31.5 Å². The highest BCUT2D eigenvalue weighted by molar-refractivity contribution is 6.32. The first-order chi connectivity index (χ1) is 13.0. The average molecular weight is 389 g/mol. The van der Waals surface area contributed by atoms with E-state index in [1.807, 2.05) is 12.1 Å². The monoisotopic (exact) mass is 388 g/mol. The third kappa shape index (κ3) is 4.94. The molecule has 27 heavy (non-hydrogen) atoms. The molecule has 1 saturated heterocycles. The summed E-state index contributed by atoms with van der Waals surface area (Å²) in [6, 6.07) is 8.45. The number of nitrogens with zero attached hydrogens (tertiary/aromatic N) is 3. The average Bonchev–Trinajstić information content (AvgIpc) is 2.68. The summed E-state index contributed by atoms with van der Waals surface area (Å²) in [5, 5.41) is 13.0. The van der Waals surface area contributed by atoms with E-state index < -0.39 is 0 Å². The van der Waals surface area contributed by atoms with Gasteiger partial charge in [-0.05, 0) is 57.7 Å². The van der Waals surface area contributed by atoms with Gasteiger partial charge in [-0.1, -0.05) is 11.6 Å². The third-order valence-electron chi connectivity index (χ3n) is 5.89. The van der Waals surface area contributed by atoms with Crippen molar-refractivity contribution in [1.82, 2.24) is 9.80 Å². The topological polar surface area (TPSA) is 59.4 Å². The van der Waals surface area contributed by atoms with E-state index in [4.69, 9.17) is 16.9 Å². The minimum absolute atomic E-state index is 0.165.